The number of aliphatic imine (C=N–C) groups is 1. The number of unbranched alkanes of at least 4 members (excludes halogenated alkanes) is 1. The number of thiophene rings is 1. The molecule has 0 bridgehead atoms. The maximum atomic E-state index is 4.27. The summed E-state index contributed by atoms with van der Waals surface area (Å²) in [6.07, 6.45) is 5.24. The van der Waals surface area contributed by atoms with Crippen LogP contribution in [0.4, 0.5) is 0 Å². The lowest BCUT2D eigenvalue weighted by Crippen LogP contribution is -2.38. The number of likely N-dealkylation sites (tertiary alicyclic amines) is 1. The number of hydrogen-bond donors (Lipinski definition) is 2. The van der Waals surface area contributed by atoms with Crippen LogP contribution in [-0.2, 0) is 6.54 Å². The van der Waals surface area contributed by atoms with Crippen molar-refractivity contribution in [2.75, 3.05) is 33.2 Å². The molecule has 0 saturated carbocycles. The van der Waals surface area contributed by atoms with E-state index in [9.17, 15) is 0 Å². The predicted octanol–water partition coefficient (Wildman–Crippen LogP) is 3.54. The molecule has 1 aromatic rings. The zero-order chi connectivity index (χ0) is 15.6. The van der Waals surface area contributed by atoms with Gasteiger partial charge < -0.3 is 15.5 Å². The summed E-state index contributed by atoms with van der Waals surface area (Å²) in [5.74, 6) is 1.78. The molecule has 1 aliphatic rings. The van der Waals surface area contributed by atoms with Crippen molar-refractivity contribution < 1.29 is 0 Å². The Kier molecular flexibility index (Phi) is 10.9. The van der Waals surface area contributed by atoms with Gasteiger partial charge in [-0.3, -0.25) is 4.99 Å². The number of nitrogens with one attached hydrogen (secondary N) is 2. The van der Waals surface area contributed by atoms with Gasteiger partial charge >= 0.3 is 0 Å². The Morgan fingerprint density at radius 2 is 2.26 bits per heavy atom. The van der Waals surface area contributed by atoms with Gasteiger partial charge in [-0.2, -0.15) is 11.3 Å². The average Bonchev–Trinajstić information content (AvgIpc) is 3.03. The largest absolute Gasteiger partial charge is 0.356 e. The Bertz CT molecular complexity index is 436. The fourth-order valence-corrected chi connectivity index (χ4v) is 3.63. The van der Waals surface area contributed by atoms with E-state index in [-0.39, 0.29) is 24.0 Å². The zero-order valence-corrected chi connectivity index (χ0v) is 17.5. The molecule has 1 fully saturated rings. The molecule has 0 spiro atoms. The number of nitrogens with zero attached hydrogens (tertiary/aromatic N) is 2. The summed E-state index contributed by atoms with van der Waals surface area (Å²) in [4.78, 5) is 6.90. The molecule has 2 N–H and O–H groups in total. The van der Waals surface area contributed by atoms with Gasteiger partial charge in [-0.05, 0) is 67.1 Å². The van der Waals surface area contributed by atoms with Crippen molar-refractivity contribution in [1.82, 2.24) is 15.5 Å². The highest BCUT2D eigenvalue weighted by molar-refractivity contribution is 14.0. The maximum Gasteiger partial charge on any atom is 0.191 e. The third kappa shape index (κ3) is 8.35. The molecule has 132 valence electrons. The van der Waals surface area contributed by atoms with Gasteiger partial charge in [0.2, 0.25) is 0 Å². The van der Waals surface area contributed by atoms with Crippen molar-refractivity contribution >= 4 is 41.3 Å². The van der Waals surface area contributed by atoms with Gasteiger partial charge in [-0.15, -0.1) is 24.0 Å². The fourth-order valence-electron chi connectivity index (χ4n) is 2.96. The van der Waals surface area contributed by atoms with Gasteiger partial charge in [0.05, 0.1) is 0 Å². The summed E-state index contributed by atoms with van der Waals surface area (Å²) in [5, 5.41) is 11.0. The first kappa shape index (κ1) is 20.7. The normalized spacial score (nSPS) is 19.2. The Labute approximate surface area is 162 Å². The van der Waals surface area contributed by atoms with Gasteiger partial charge in [0.25, 0.3) is 0 Å². The van der Waals surface area contributed by atoms with E-state index in [4.69, 9.17) is 0 Å². The zero-order valence-electron chi connectivity index (χ0n) is 14.4. The summed E-state index contributed by atoms with van der Waals surface area (Å²) >= 11 is 1.73. The number of hydrogen-bond acceptors (Lipinski definition) is 3. The van der Waals surface area contributed by atoms with Crippen molar-refractivity contribution in [1.29, 1.82) is 0 Å². The molecule has 1 atom stereocenters. The molecule has 1 aliphatic heterocycles. The number of halogens is 1. The molecule has 4 nitrogen and oxygen atoms in total. The molecule has 0 radical (unpaired) electrons. The van der Waals surface area contributed by atoms with Gasteiger partial charge in [-0.1, -0.05) is 6.92 Å². The highest BCUT2D eigenvalue weighted by Crippen LogP contribution is 2.15. The second-order valence-electron chi connectivity index (χ2n) is 6.24. The van der Waals surface area contributed by atoms with Crippen LogP contribution >= 0.6 is 35.3 Å². The SMILES string of the molecule is CN=C(NCCCCN1CCCC(C)C1)NCc1ccsc1.I. The molecule has 1 aromatic heterocycles. The summed E-state index contributed by atoms with van der Waals surface area (Å²) in [5.41, 5.74) is 1.31. The molecule has 2 heterocycles. The van der Waals surface area contributed by atoms with Gasteiger partial charge in [0, 0.05) is 26.7 Å². The van der Waals surface area contributed by atoms with E-state index in [0.717, 1.165) is 25.0 Å². The van der Waals surface area contributed by atoms with Crippen LogP contribution in [0.15, 0.2) is 21.8 Å². The number of rotatable bonds is 7. The highest BCUT2D eigenvalue weighted by Gasteiger charge is 2.15. The molecule has 0 aromatic carbocycles. The molecule has 23 heavy (non-hydrogen) atoms. The quantitative estimate of drug-likeness (QED) is 0.289. The number of guanidine groups is 1. The van der Waals surface area contributed by atoms with Crippen molar-refractivity contribution in [3.63, 3.8) is 0 Å². The molecule has 1 unspecified atom stereocenters. The van der Waals surface area contributed by atoms with Crippen LogP contribution in [-0.4, -0.2) is 44.1 Å². The van der Waals surface area contributed by atoms with E-state index in [0.29, 0.717) is 0 Å². The predicted molar refractivity (Wildman–Crippen MR) is 112 cm³/mol. The van der Waals surface area contributed by atoms with Gasteiger partial charge in [0.15, 0.2) is 5.96 Å². The first-order chi connectivity index (χ1) is 10.8. The van der Waals surface area contributed by atoms with Crippen molar-refractivity contribution in [2.24, 2.45) is 10.9 Å². The molecule has 2 rings (SSSR count). The monoisotopic (exact) mass is 450 g/mol. The molecular formula is C17H31IN4S. The van der Waals surface area contributed by atoms with Crippen LogP contribution in [0.5, 0.6) is 0 Å². The van der Waals surface area contributed by atoms with Gasteiger partial charge in [0.1, 0.15) is 0 Å². The lowest BCUT2D eigenvalue weighted by atomic mass is 10.0. The number of piperidine rings is 1. The van der Waals surface area contributed by atoms with E-state index >= 15 is 0 Å². The van der Waals surface area contributed by atoms with Crippen LogP contribution in [0, 0.1) is 5.92 Å². The standard InChI is InChI=1S/C17H30N4S.HI/c1-15-6-5-10-21(13-15)9-4-3-8-19-17(18-2)20-12-16-7-11-22-14-16;/h7,11,14-15H,3-6,8-10,12-13H2,1-2H3,(H2,18,19,20);1H. The first-order valence-corrected chi connectivity index (χ1v) is 9.40. The smallest absolute Gasteiger partial charge is 0.191 e. The minimum absolute atomic E-state index is 0. The molecule has 6 heteroatoms. The molecule has 0 aliphatic carbocycles. The van der Waals surface area contributed by atoms with Crippen molar-refractivity contribution in [3.8, 4) is 0 Å². The Morgan fingerprint density at radius 1 is 1.39 bits per heavy atom. The molecule has 1 saturated heterocycles. The van der Waals surface area contributed by atoms with E-state index in [1.807, 2.05) is 7.05 Å². The lowest BCUT2D eigenvalue weighted by molar-refractivity contribution is 0.181. The first-order valence-electron chi connectivity index (χ1n) is 8.46. The molecule has 0 amide bonds. The van der Waals surface area contributed by atoms with Crippen LogP contribution in [0.1, 0.15) is 38.2 Å². The van der Waals surface area contributed by atoms with Crippen molar-refractivity contribution in [3.05, 3.63) is 22.4 Å². The van der Waals surface area contributed by atoms with Crippen LogP contribution in [0.25, 0.3) is 0 Å². The topological polar surface area (TPSA) is 39.7 Å². The minimum atomic E-state index is 0. The Morgan fingerprint density at radius 3 is 2.96 bits per heavy atom. The van der Waals surface area contributed by atoms with Crippen molar-refractivity contribution in [2.45, 2.75) is 39.2 Å². The Hall–Kier alpha value is -0.340. The van der Waals surface area contributed by atoms with Crippen LogP contribution in [0.3, 0.4) is 0 Å². The summed E-state index contributed by atoms with van der Waals surface area (Å²) < 4.78 is 0. The van der Waals surface area contributed by atoms with Crippen LogP contribution < -0.4 is 10.6 Å². The molecular weight excluding hydrogens is 419 g/mol. The van der Waals surface area contributed by atoms with E-state index in [1.165, 1.54) is 50.9 Å². The highest BCUT2D eigenvalue weighted by atomic mass is 127. The fraction of sp³-hybridized carbons (Fsp3) is 0.706. The van der Waals surface area contributed by atoms with E-state index in [2.05, 4.69) is 44.3 Å². The average molecular weight is 450 g/mol. The summed E-state index contributed by atoms with van der Waals surface area (Å²) in [6, 6.07) is 2.14. The van der Waals surface area contributed by atoms with Gasteiger partial charge in [-0.25, -0.2) is 0 Å². The van der Waals surface area contributed by atoms with E-state index < -0.39 is 0 Å². The minimum Gasteiger partial charge on any atom is -0.356 e. The third-order valence-corrected chi connectivity index (χ3v) is 4.93. The third-order valence-electron chi connectivity index (χ3n) is 4.20. The van der Waals surface area contributed by atoms with Crippen LogP contribution in [0.2, 0.25) is 0 Å². The van der Waals surface area contributed by atoms with E-state index in [1.54, 1.807) is 11.3 Å². The summed E-state index contributed by atoms with van der Waals surface area (Å²) in [6.45, 7) is 8.03. The summed E-state index contributed by atoms with van der Waals surface area (Å²) in [7, 11) is 1.83. The second-order valence-corrected chi connectivity index (χ2v) is 7.02. The Balaban J connectivity index is 0.00000264. The second kappa shape index (κ2) is 12.1. The maximum absolute atomic E-state index is 4.27. The lowest BCUT2D eigenvalue weighted by Gasteiger charge is -2.30.